The molecule has 0 spiro atoms. The number of nitrogens with zero attached hydrogens (tertiary/aromatic N) is 1. The van der Waals surface area contributed by atoms with Gasteiger partial charge in [0.2, 0.25) is 5.91 Å². The van der Waals surface area contributed by atoms with Crippen LogP contribution in [-0.4, -0.2) is 28.0 Å². The fourth-order valence-corrected chi connectivity index (χ4v) is 2.20. The number of hydrogen-bond acceptors (Lipinski definition) is 2. The first kappa shape index (κ1) is 16.8. The summed E-state index contributed by atoms with van der Waals surface area (Å²) < 4.78 is 2.67. The second-order valence-electron chi connectivity index (χ2n) is 5.76. The Kier molecular flexibility index (Phi) is 5.39. The Morgan fingerprint density at radius 1 is 1.40 bits per heavy atom. The molecule has 2 amide bonds. The van der Waals surface area contributed by atoms with Gasteiger partial charge in [0.05, 0.1) is 0 Å². The van der Waals surface area contributed by atoms with Crippen LogP contribution in [0.5, 0.6) is 0 Å². The lowest BCUT2D eigenvalue weighted by Gasteiger charge is -2.23. The predicted molar refractivity (Wildman–Crippen MR) is 82.6 cm³/mol. The highest BCUT2D eigenvalue weighted by molar-refractivity contribution is 9.10. The Bertz CT molecular complexity index is 503. The molecular weight excluding hydrogens is 322 g/mol. The molecule has 5 nitrogen and oxygen atoms in total. The number of aryl methyl sites for hydroxylation is 1. The quantitative estimate of drug-likeness (QED) is 0.880. The number of nitrogens with one attached hydrogen (secondary N) is 2. The smallest absolute Gasteiger partial charge is 0.268 e. The van der Waals surface area contributed by atoms with Crippen LogP contribution in [0.1, 0.15) is 45.1 Å². The standard InChI is InChI=1S/C14H22BrN3O2/c1-6-18-8-10(15)7-11(18)13(20)16-9(2)12(19)17-14(3,4)5/h7-9H,6H2,1-5H3,(H,16,20)(H,17,19). The molecule has 1 rings (SSSR count). The lowest BCUT2D eigenvalue weighted by molar-refractivity contribution is -0.124. The normalized spacial score (nSPS) is 12.9. The molecule has 0 aliphatic carbocycles. The van der Waals surface area contributed by atoms with Gasteiger partial charge < -0.3 is 15.2 Å². The van der Waals surface area contributed by atoms with E-state index < -0.39 is 6.04 Å². The van der Waals surface area contributed by atoms with Crippen LogP contribution in [0.3, 0.4) is 0 Å². The van der Waals surface area contributed by atoms with Crippen LogP contribution in [0.2, 0.25) is 0 Å². The average Bonchev–Trinajstić information content (AvgIpc) is 2.68. The van der Waals surface area contributed by atoms with Crippen molar-refractivity contribution in [1.29, 1.82) is 0 Å². The summed E-state index contributed by atoms with van der Waals surface area (Å²) in [4.78, 5) is 24.1. The second-order valence-corrected chi connectivity index (χ2v) is 6.68. The van der Waals surface area contributed by atoms with Crippen molar-refractivity contribution in [2.45, 2.75) is 52.7 Å². The maximum Gasteiger partial charge on any atom is 0.268 e. The zero-order chi connectivity index (χ0) is 15.5. The van der Waals surface area contributed by atoms with Crippen LogP contribution in [0.25, 0.3) is 0 Å². The van der Waals surface area contributed by atoms with Gasteiger partial charge in [-0.15, -0.1) is 0 Å². The van der Waals surface area contributed by atoms with Crippen molar-refractivity contribution in [2.75, 3.05) is 0 Å². The van der Waals surface area contributed by atoms with Crippen molar-refractivity contribution < 1.29 is 9.59 Å². The maximum atomic E-state index is 12.2. The van der Waals surface area contributed by atoms with Crippen LogP contribution in [0, 0.1) is 0 Å². The van der Waals surface area contributed by atoms with E-state index >= 15 is 0 Å². The van der Waals surface area contributed by atoms with Gasteiger partial charge in [0.25, 0.3) is 5.91 Å². The van der Waals surface area contributed by atoms with E-state index in [0.717, 1.165) is 4.47 Å². The van der Waals surface area contributed by atoms with E-state index in [0.29, 0.717) is 12.2 Å². The number of carbonyl (C=O) groups excluding carboxylic acids is 2. The summed E-state index contributed by atoms with van der Waals surface area (Å²) in [5.74, 6) is -0.450. The average molecular weight is 344 g/mol. The van der Waals surface area contributed by atoms with Crippen LogP contribution < -0.4 is 10.6 Å². The van der Waals surface area contributed by atoms with E-state index in [2.05, 4.69) is 26.6 Å². The number of hydrogen-bond donors (Lipinski definition) is 2. The molecule has 1 heterocycles. The Morgan fingerprint density at radius 2 is 2.00 bits per heavy atom. The molecule has 0 aliphatic rings. The monoisotopic (exact) mass is 343 g/mol. The Labute approximate surface area is 128 Å². The van der Waals surface area contributed by atoms with Gasteiger partial charge in [-0.05, 0) is 56.6 Å². The fraction of sp³-hybridized carbons (Fsp3) is 0.571. The minimum absolute atomic E-state index is 0.195. The summed E-state index contributed by atoms with van der Waals surface area (Å²) in [6.07, 6.45) is 1.84. The van der Waals surface area contributed by atoms with Crippen molar-refractivity contribution >= 4 is 27.7 Å². The lowest BCUT2D eigenvalue weighted by atomic mass is 10.1. The van der Waals surface area contributed by atoms with E-state index in [1.165, 1.54) is 0 Å². The molecule has 0 fully saturated rings. The first-order chi connectivity index (χ1) is 9.14. The molecule has 1 atom stereocenters. The van der Waals surface area contributed by atoms with Gasteiger partial charge in [0.1, 0.15) is 11.7 Å². The van der Waals surface area contributed by atoms with Crippen LogP contribution in [0.15, 0.2) is 16.7 Å². The third-order valence-corrected chi connectivity index (χ3v) is 3.11. The van der Waals surface area contributed by atoms with Crippen LogP contribution in [-0.2, 0) is 11.3 Å². The largest absolute Gasteiger partial charge is 0.350 e. The highest BCUT2D eigenvalue weighted by Gasteiger charge is 2.22. The molecule has 2 N–H and O–H groups in total. The molecule has 1 aromatic rings. The zero-order valence-corrected chi connectivity index (χ0v) is 14.2. The molecule has 1 aromatic heterocycles. The lowest BCUT2D eigenvalue weighted by Crippen LogP contribution is -2.51. The Balaban J connectivity index is 2.72. The Hall–Kier alpha value is -1.30. The van der Waals surface area contributed by atoms with Gasteiger partial charge in [-0.3, -0.25) is 9.59 Å². The molecule has 112 valence electrons. The van der Waals surface area contributed by atoms with E-state index in [9.17, 15) is 9.59 Å². The summed E-state index contributed by atoms with van der Waals surface area (Å²) in [5.41, 5.74) is 0.220. The predicted octanol–water partition coefficient (Wildman–Crippen LogP) is 2.30. The SMILES string of the molecule is CCn1cc(Br)cc1C(=O)NC(C)C(=O)NC(C)(C)C. The van der Waals surface area contributed by atoms with E-state index in [1.807, 2.05) is 38.5 Å². The van der Waals surface area contributed by atoms with Gasteiger partial charge in [-0.1, -0.05) is 0 Å². The molecule has 6 heteroatoms. The van der Waals surface area contributed by atoms with Crippen molar-refractivity contribution in [1.82, 2.24) is 15.2 Å². The summed E-state index contributed by atoms with van der Waals surface area (Å²) in [6.45, 7) is 10.0. The minimum Gasteiger partial charge on any atom is -0.350 e. The fourth-order valence-electron chi connectivity index (χ4n) is 1.74. The van der Waals surface area contributed by atoms with Gasteiger partial charge >= 0.3 is 0 Å². The van der Waals surface area contributed by atoms with Crippen LogP contribution in [0.4, 0.5) is 0 Å². The number of carbonyl (C=O) groups is 2. The number of aromatic nitrogens is 1. The van der Waals surface area contributed by atoms with Crippen LogP contribution >= 0.6 is 15.9 Å². The first-order valence-electron chi connectivity index (χ1n) is 6.62. The highest BCUT2D eigenvalue weighted by atomic mass is 79.9. The summed E-state index contributed by atoms with van der Waals surface area (Å²) in [5, 5.41) is 5.55. The molecule has 1 unspecified atom stereocenters. The van der Waals surface area contributed by atoms with Crippen molar-refractivity contribution in [2.24, 2.45) is 0 Å². The highest BCUT2D eigenvalue weighted by Crippen LogP contribution is 2.15. The molecule has 0 aromatic carbocycles. The van der Waals surface area contributed by atoms with Crippen molar-refractivity contribution in [3.8, 4) is 0 Å². The molecule has 0 bridgehead atoms. The minimum atomic E-state index is -0.583. The van der Waals surface area contributed by atoms with E-state index in [1.54, 1.807) is 13.0 Å². The molecular formula is C14H22BrN3O2. The zero-order valence-electron chi connectivity index (χ0n) is 12.6. The second kappa shape index (κ2) is 6.43. The number of rotatable bonds is 4. The molecule has 0 radical (unpaired) electrons. The third kappa shape index (κ3) is 4.67. The van der Waals surface area contributed by atoms with Gasteiger partial charge in [0, 0.05) is 22.8 Å². The third-order valence-electron chi connectivity index (χ3n) is 2.68. The van der Waals surface area contributed by atoms with Gasteiger partial charge in [-0.2, -0.15) is 0 Å². The summed E-state index contributed by atoms with van der Waals surface area (Å²) in [7, 11) is 0. The number of amides is 2. The topological polar surface area (TPSA) is 63.1 Å². The molecule has 0 aliphatic heterocycles. The van der Waals surface area contributed by atoms with Gasteiger partial charge in [-0.25, -0.2) is 0 Å². The van der Waals surface area contributed by atoms with E-state index in [-0.39, 0.29) is 17.4 Å². The van der Waals surface area contributed by atoms with Crippen molar-refractivity contribution in [3.63, 3.8) is 0 Å². The first-order valence-corrected chi connectivity index (χ1v) is 7.42. The summed E-state index contributed by atoms with van der Waals surface area (Å²) >= 11 is 3.35. The molecule has 0 saturated carbocycles. The van der Waals surface area contributed by atoms with Crippen molar-refractivity contribution in [3.05, 3.63) is 22.4 Å². The maximum absolute atomic E-state index is 12.2. The molecule has 0 saturated heterocycles. The van der Waals surface area contributed by atoms with Gasteiger partial charge in [0.15, 0.2) is 0 Å². The Morgan fingerprint density at radius 3 is 2.50 bits per heavy atom. The molecule has 20 heavy (non-hydrogen) atoms. The van der Waals surface area contributed by atoms with E-state index in [4.69, 9.17) is 0 Å². The summed E-state index contributed by atoms with van der Waals surface area (Å²) in [6, 6.07) is 1.16. The number of halogens is 1.